The number of carbonyl (C=O) groups is 1. The maximum Gasteiger partial charge on any atom is 0.235 e. The number of rotatable bonds is 4. The fraction of sp³-hybridized carbons (Fsp3) is 0.211. The molecule has 2 aromatic carbocycles. The van der Waals surface area contributed by atoms with Crippen LogP contribution in [0.25, 0.3) is 10.9 Å². The molecule has 1 aromatic heterocycles. The minimum Gasteiger partial charge on any atom is -0.495 e. The van der Waals surface area contributed by atoms with Crippen LogP contribution < -0.4 is 10.1 Å². The molecule has 1 amide bonds. The van der Waals surface area contributed by atoms with Gasteiger partial charge in [0.2, 0.25) is 5.91 Å². The zero-order chi connectivity index (χ0) is 17.6. The molecule has 1 heterocycles. The molecule has 4 nitrogen and oxygen atoms in total. The number of halogens is 2. The lowest BCUT2D eigenvalue weighted by molar-refractivity contribution is -0.118. The highest BCUT2D eigenvalue weighted by Crippen LogP contribution is 2.51. The zero-order valence-electron chi connectivity index (χ0n) is 13.5. The van der Waals surface area contributed by atoms with E-state index in [1.807, 2.05) is 0 Å². The number of benzene rings is 2. The molecular weight excluding hydrogens is 343 g/mol. The summed E-state index contributed by atoms with van der Waals surface area (Å²) in [5.74, 6) is 0.0813. The van der Waals surface area contributed by atoms with Crippen LogP contribution in [0.4, 0.5) is 10.1 Å². The van der Waals surface area contributed by atoms with Gasteiger partial charge in [-0.2, -0.15) is 0 Å². The number of amides is 1. The Morgan fingerprint density at radius 1 is 1.28 bits per heavy atom. The second-order valence-electron chi connectivity index (χ2n) is 6.27. The first-order valence-corrected chi connectivity index (χ1v) is 8.33. The Hall–Kier alpha value is -2.53. The third-order valence-electron chi connectivity index (χ3n) is 4.75. The maximum absolute atomic E-state index is 13.6. The lowest BCUT2D eigenvalue weighted by atomic mass is 9.94. The highest BCUT2D eigenvalue weighted by molar-refractivity contribution is 6.31. The fourth-order valence-corrected chi connectivity index (χ4v) is 3.42. The van der Waals surface area contributed by atoms with Crippen molar-refractivity contribution >= 4 is 34.1 Å². The Labute approximate surface area is 148 Å². The van der Waals surface area contributed by atoms with E-state index in [1.165, 1.54) is 19.2 Å². The molecule has 0 radical (unpaired) electrons. The average Bonchev–Trinajstić information content (AvgIpc) is 3.29. The molecule has 3 aromatic rings. The van der Waals surface area contributed by atoms with Crippen LogP contribution in [0.1, 0.15) is 18.4 Å². The van der Waals surface area contributed by atoms with E-state index in [9.17, 15) is 9.18 Å². The summed E-state index contributed by atoms with van der Waals surface area (Å²) in [6.45, 7) is 0. The normalized spacial score (nSPS) is 15.2. The molecule has 0 aliphatic heterocycles. The van der Waals surface area contributed by atoms with Crippen molar-refractivity contribution < 1.29 is 13.9 Å². The number of carbonyl (C=O) groups excluding carboxylic acids is 1. The Balaban J connectivity index is 1.70. The number of hydrogen-bond donors (Lipinski definition) is 2. The summed E-state index contributed by atoms with van der Waals surface area (Å²) in [7, 11) is 1.54. The van der Waals surface area contributed by atoms with Crippen molar-refractivity contribution in [1.29, 1.82) is 0 Å². The standard InChI is InChI=1S/C19H16ClFN2O2/c1-25-17-5-2-11(20)8-16(17)23-18(24)19(6-7-19)14-10-22-15-4-3-12(21)9-13(14)15/h2-5,8-10,22H,6-7H2,1H3,(H,23,24). The summed E-state index contributed by atoms with van der Waals surface area (Å²) in [6, 6.07) is 9.61. The Morgan fingerprint density at radius 2 is 2.08 bits per heavy atom. The molecule has 4 rings (SSSR count). The average molecular weight is 359 g/mol. The van der Waals surface area contributed by atoms with Crippen LogP contribution in [0, 0.1) is 5.82 Å². The van der Waals surface area contributed by atoms with Crippen LogP contribution in [-0.4, -0.2) is 18.0 Å². The van der Waals surface area contributed by atoms with E-state index in [-0.39, 0.29) is 11.7 Å². The molecule has 0 unspecified atom stereocenters. The number of ether oxygens (including phenoxy) is 1. The quantitative estimate of drug-likeness (QED) is 0.713. The zero-order valence-corrected chi connectivity index (χ0v) is 14.3. The topological polar surface area (TPSA) is 54.1 Å². The van der Waals surface area contributed by atoms with Gasteiger partial charge in [-0.3, -0.25) is 4.79 Å². The lowest BCUT2D eigenvalue weighted by Crippen LogP contribution is -2.27. The Bertz CT molecular complexity index is 979. The number of fused-ring (bicyclic) bond motifs is 1. The van der Waals surface area contributed by atoms with E-state index in [4.69, 9.17) is 16.3 Å². The second-order valence-corrected chi connectivity index (χ2v) is 6.71. The van der Waals surface area contributed by atoms with E-state index < -0.39 is 5.41 Å². The van der Waals surface area contributed by atoms with Crippen LogP contribution >= 0.6 is 11.6 Å². The van der Waals surface area contributed by atoms with Gasteiger partial charge in [0, 0.05) is 22.1 Å². The molecule has 1 saturated carbocycles. The monoisotopic (exact) mass is 358 g/mol. The molecule has 128 valence electrons. The first-order valence-electron chi connectivity index (χ1n) is 7.95. The van der Waals surface area contributed by atoms with Gasteiger partial charge in [-0.1, -0.05) is 11.6 Å². The molecule has 25 heavy (non-hydrogen) atoms. The largest absolute Gasteiger partial charge is 0.495 e. The molecule has 1 aliphatic carbocycles. The second kappa shape index (κ2) is 5.77. The summed E-state index contributed by atoms with van der Waals surface area (Å²) in [6.07, 6.45) is 3.22. The number of methoxy groups -OCH3 is 1. The van der Waals surface area contributed by atoms with E-state index in [0.717, 1.165) is 16.5 Å². The summed E-state index contributed by atoms with van der Waals surface area (Å²) in [5.41, 5.74) is 1.51. The van der Waals surface area contributed by atoms with Crippen molar-refractivity contribution in [2.24, 2.45) is 0 Å². The van der Waals surface area contributed by atoms with E-state index in [2.05, 4.69) is 10.3 Å². The van der Waals surface area contributed by atoms with Gasteiger partial charge >= 0.3 is 0 Å². The van der Waals surface area contributed by atoms with Crippen LogP contribution in [-0.2, 0) is 10.2 Å². The van der Waals surface area contributed by atoms with Gasteiger partial charge in [-0.15, -0.1) is 0 Å². The molecule has 0 bridgehead atoms. The molecule has 1 fully saturated rings. The third-order valence-corrected chi connectivity index (χ3v) is 4.99. The number of hydrogen-bond acceptors (Lipinski definition) is 2. The van der Waals surface area contributed by atoms with Crippen molar-refractivity contribution in [2.45, 2.75) is 18.3 Å². The molecule has 1 aliphatic rings. The molecule has 0 saturated heterocycles. The van der Waals surface area contributed by atoms with Crippen LogP contribution in [0.5, 0.6) is 5.75 Å². The summed E-state index contributed by atoms with van der Waals surface area (Å²) < 4.78 is 18.9. The smallest absolute Gasteiger partial charge is 0.235 e. The highest BCUT2D eigenvalue weighted by atomic mass is 35.5. The number of H-pyrrole nitrogens is 1. The first-order chi connectivity index (χ1) is 12.0. The van der Waals surface area contributed by atoms with Gasteiger partial charge in [-0.25, -0.2) is 4.39 Å². The third kappa shape index (κ3) is 2.65. The lowest BCUT2D eigenvalue weighted by Gasteiger charge is -2.17. The van der Waals surface area contributed by atoms with E-state index in [0.29, 0.717) is 29.3 Å². The summed E-state index contributed by atoms with van der Waals surface area (Å²) in [5, 5.41) is 4.17. The fourth-order valence-electron chi connectivity index (χ4n) is 3.25. The van der Waals surface area contributed by atoms with Gasteiger partial charge in [0.1, 0.15) is 11.6 Å². The van der Waals surface area contributed by atoms with Gasteiger partial charge in [0.25, 0.3) is 0 Å². The Kier molecular flexibility index (Phi) is 3.69. The van der Waals surface area contributed by atoms with Crippen molar-refractivity contribution in [2.75, 3.05) is 12.4 Å². The van der Waals surface area contributed by atoms with Crippen LogP contribution in [0.2, 0.25) is 5.02 Å². The minimum atomic E-state index is -0.653. The molecule has 0 spiro atoms. The minimum absolute atomic E-state index is 0.141. The van der Waals surface area contributed by atoms with E-state index in [1.54, 1.807) is 30.5 Å². The van der Waals surface area contributed by atoms with Crippen molar-refractivity contribution in [3.05, 3.63) is 59.0 Å². The SMILES string of the molecule is COc1ccc(Cl)cc1NC(=O)C1(c2c[nH]c3ccc(F)cc23)CC1. The van der Waals surface area contributed by atoms with Gasteiger partial charge in [0.05, 0.1) is 18.2 Å². The Morgan fingerprint density at radius 3 is 2.80 bits per heavy atom. The highest BCUT2D eigenvalue weighted by Gasteiger charge is 2.52. The van der Waals surface area contributed by atoms with Crippen molar-refractivity contribution in [1.82, 2.24) is 4.98 Å². The number of aromatic nitrogens is 1. The molecule has 2 N–H and O–H groups in total. The van der Waals surface area contributed by atoms with Gasteiger partial charge in [0.15, 0.2) is 0 Å². The molecular formula is C19H16ClFN2O2. The predicted molar refractivity (Wildman–Crippen MR) is 95.8 cm³/mol. The maximum atomic E-state index is 13.6. The number of anilines is 1. The number of aromatic amines is 1. The van der Waals surface area contributed by atoms with Gasteiger partial charge < -0.3 is 15.0 Å². The predicted octanol–water partition coefficient (Wildman–Crippen LogP) is 4.64. The molecule has 6 heteroatoms. The van der Waals surface area contributed by atoms with Crippen LogP contribution in [0.15, 0.2) is 42.6 Å². The van der Waals surface area contributed by atoms with Gasteiger partial charge in [-0.05, 0) is 54.8 Å². The van der Waals surface area contributed by atoms with Crippen LogP contribution in [0.3, 0.4) is 0 Å². The summed E-state index contributed by atoms with van der Waals surface area (Å²) >= 11 is 6.03. The molecule has 0 atom stereocenters. The summed E-state index contributed by atoms with van der Waals surface area (Å²) in [4.78, 5) is 16.1. The first kappa shape index (κ1) is 16.0. The van der Waals surface area contributed by atoms with E-state index >= 15 is 0 Å². The number of nitrogens with one attached hydrogen (secondary N) is 2. The van der Waals surface area contributed by atoms with Crippen molar-refractivity contribution in [3.8, 4) is 5.75 Å². The van der Waals surface area contributed by atoms with Crippen molar-refractivity contribution in [3.63, 3.8) is 0 Å².